The number of amides is 2. The number of aryl methyl sites for hydroxylation is 1. The fraction of sp³-hybridized carbons (Fsp3) is 0.226. The van der Waals surface area contributed by atoms with E-state index in [2.05, 4.69) is 15.4 Å². The van der Waals surface area contributed by atoms with E-state index in [0.717, 1.165) is 11.1 Å². The van der Waals surface area contributed by atoms with Crippen LogP contribution in [0, 0.1) is 6.92 Å². The lowest BCUT2D eigenvalue weighted by Gasteiger charge is -2.22. The first kappa shape index (κ1) is 28.0. The van der Waals surface area contributed by atoms with Crippen LogP contribution in [0.1, 0.15) is 42.3 Å². The Balaban J connectivity index is 1.68. The lowest BCUT2D eigenvalue weighted by molar-refractivity contribution is -0.118. The number of fused-ring (bicyclic) bond motifs is 1. The first-order valence-corrected chi connectivity index (χ1v) is 14.2. The van der Waals surface area contributed by atoms with Gasteiger partial charge in [-0.15, -0.1) is 0 Å². The molecule has 0 heterocycles. The van der Waals surface area contributed by atoms with E-state index in [0.29, 0.717) is 22.0 Å². The van der Waals surface area contributed by atoms with Crippen LogP contribution in [-0.4, -0.2) is 31.8 Å². The van der Waals surface area contributed by atoms with E-state index in [1.54, 1.807) is 81.4 Å². The summed E-state index contributed by atoms with van der Waals surface area (Å²) >= 11 is 0. The van der Waals surface area contributed by atoms with Crippen molar-refractivity contribution >= 4 is 38.3 Å². The molecule has 8 heteroatoms. The summed E-state index contributed by atoms with van der Waals surface area (Å²) in [6.07, 6.45) is 0.289. The van der Waals surface area contributed by atoms with Gasteiger partial charge < -0.3 is 10.6 Å². The van der Waals surface area contributed by atoms with Crippen LogP contribution in [0.3, 0.4) is 0 Å². The first-order chi connectivity index (χ1) is 18.4. The summed E-state index contributed by atoms with van der Waals surface area (Å²) in [5, 5.41) is 6.88. The molecule has 4 aromatic rings. The van der Waals surface area contributed by atoms with Crippen LogP contribution in [0.2, 0.25) is 0 Å². The van der Waals surface area contributed by atoms with Crippen molar-refractivity contribution in [1.82, 2.24) is 10.0 Å². The normalized spacial score (nSPS) is 12.6. The van der Waals surface area contributed by atoms with Crippen molar-refractivity contribution in [3.63, 3.8) is 0 Å². The second-order valence-electron chi connectivity index (χ2n) is 10.5. The van der Waals surface area contributed by atoms with Gasteiger partial charge in [0, 0.05) is 34.0 Å². The third-order valence-corrected chi connectivity index (χ3v) is 8.03. The Kier molecular flexibility index (Phi) is 8.18. The molecule has 202 valence electrons. The van der Waals surface area contributed by atoms with Gasteiger partial charge in [-0.2, -0.15) is 0 Å². The lowest BCUT2D eigenvalue weighted by atomic mass is 10.00. The molecule has 7 nitrogen and oxygen atoms in total. The number of benzene rings is 4. The lowest BCUT2D eigenvalue weighted by Crippen LogP contribution is -2.45. The van der Waals surface area contributed by atoms with Gasteiger partial charge in [-0.25, -0.2) is 13.1 Å². The summed E-state index contributed by atoms with van der Waals surface area (Å²) in [5.41, 5.74) is 2.19. The van der Waals surface area contributed by atoms with Gasteiger partial charge in [0.05, 0.1) is 4.90 Å². The zero-order chi connectivity index (χ0) is 28.2. The van der Waals surface area contributed by atoms with Crippen LogP contribution in [0.25, 0.3) is 10.8 Å². The average Bonchev–Trinajstić information content (AvgIpc) is 2.88. The van der Waals surface area contributed by atoms with Crippen molar-refractivity contribution in [2.24, 2.45) is 0 Å². The molecule has 0 aliphatic carbocycles. The highest BCUT2D eigenvalue weighted by molar-refractivity contribution is 7.89. The molecule has 0 spiro atoms. The maximum Gasteiger partial charge on any atom is 0.251 e. The molecule has 0 aromatic heterocycles. The van der Waals surface area contributed by atoms with E-state index in [4.69, 9.17) is 0 Å². The van der Waals surface area contributed by atoms with Crippen molar-refractivity contribution in [3.05, 3.63) is 108 Å². The molecule has 0 aliphatic rings. The van der Waals surface area contributed by atoms with E-state index in [9.17, 15) is 18.0 Å². The monoisotopic (exact) mass is 543 g/mol. The molecule has 39 heavy (non-hydrogen) atoms. The van der Waals surface area contributed by atoms with Gasteiger partial charge in [-0.1, -0.05) is 66.7 Å². The fourth-order valence-corrected chi connectivity index (χ4v) is 6.04. The number of rotatable bonds is 8. The molecule has 0 saturated heterocycles. The smallest absolute Gasteiger partial charge is 0.251 e. The molecule has 0 radical (unpaired) electrons. The Morgan fingerprint density at radius 2 is 1.44 bits per heavy atom. The van der Waals surface area contributed by atoms with Gasteiger partial charge in [0.2, 0.25) is 15.9 Å². The topological polar surface area (TPSA) is 104 Å². The highest BCUT2D eigenvalue weighted by Crippen LogP contribution is 2.29. The van der Waals surface area contributed by atoms with Crippen molar-refractivity contribution in [3.8, 4) is 0 Å². The minimum absolute atomic E-state index is 0.125. The molecule has 2 amide bonds. The fourth-order valence-electron chi connectivity index (χ4n) is 4.40. The zero-order valence-corrected chi connectivity index (χ0v) is 23.3. The van der Waals surface area contributed by atoms with Gasteiger partial charge in [-0.05, 0) is 63.1 Å². The minimum atomic E-state index is -3.82. The van der Waals surface area contributed by atoms with E-state index in [1.807, 2.05) is 37.3 Å². The summed E-state index contributed by atoms with van der Waals surface area (Å²) in [4.78, 5) is 26.8. The Morgan fingerprint density at radius 3 is 2.13 bits per heavy atom. The molecule has 4 aromatic carbocycles. The molecule has 0 aliphatic heterocycles. The number of sulfonamides is 1. The highest BCUT2D eigenvalue weighted by atomic mass is 32.2. The Bertz CT molecular complexity index is 1610. The zero-order valence-electron chi connectivity index (χ0n) is 22.5. The standard InChI is InChI=1S/C31H33N3O4S/c1-21-12-8-9-15-23(21)20-27(33-29(35)22-13-6-5-7-14-22)30(36)32-26-18-10-17-25-24(26)16-11-19-28(25)39(37,38)34-31(2,3)4/h5-19,27,34H,20H2,1-4H3,(H,32,36)(H,33,35)/t27-/m0/s1. The maximum absolute atomic E-state index is 13.7. The molecule has 0 bridgehead atoms. The van der Waals surface area contributed by atoms with Gasteiger partial charge in [0.15, 0.2) is 0 Å². The molecule has 0 fully saturated rings. The predicted molar refractivity (Wildman–Crippen MR) is 155 cm³/mol. The summed E-state index contributed by atoms with van der Waals surface area (Å²) < 4.78 is 29.0. The SMILES string of the molecule is Cc1ccccc1C[C@H](NC(=O)c1ccccc1)C(=O)Nc1cccc2c(S(=O)(=O)NC(C)(C)C)cccc12. The molecule has 4 rings (SSSR count). The number of hydrogen-bond donors (Lipinski definition) is 3. The van der Waals surface area contributed by atoms with Crippen LogP contribution in [0.4, 0.5) is 5.69 Å². The van der Waals surface area contributed by atoms with Crippen molar-refractivity contribution in [1.29, 1.82) is 0 Å². The third-order valence-electron chi connectivity index (χ3n) is 6.21. The molecule has 3 N–H and O–H groups in total. The second-order valence-corrected chi connectivity index (χ2v) is 12.2. The Morgan fingerprint density at radius 1 is 0.795 bits per heavy atom. The number of nitrogens with one attached hydrogen (secondary N) is 3. The van der Waals surface area contributed by atoms with Crippen molar-refractivity contribution in [2.45, 2.75) is 50.6 Å². The van der Waals surface area contributed by atoms with E-state index >= 15 is 0 Å². The first-order valence-electron chi connectivity index (χ1n) is 12.7. The number of hydrogen-bond acceptors (Lipinski definition) is 4. The van der Waals surface area contributed by atoms with Gasteiger partial charge >= 0.3 is 0 Å². The third kappa shape index (κ3) is 6.90. The summed E-state index contributed by atoms with van der Waals surface area (Å²) in [6, 6.07) is 25.7. The Hall–Kier alpha value is -4.01. The van der Waals surface area contributed by atoms with Crippen molar-refractivity contribution in [2.75, 3.05) is 5.32 Å². The van der Waals surface area contributed by atoms with Gasteiger partial charge in [0.1, 0.15) is 6.04 Å². The highest BCUT2D eigenvalue weighted by Gasteiger charge is 2.26. The van der Waals surface area contributed by atoms with Crippen LogP contribution in [0.5, 0.6) is 0 Å². The van der Waals surface area contributed by atoms with Crippen LogP contribution >= 0.6 is 0 Å². The summed E-state index contributed by atoms with van der Waals surface area (Å²) in [6.45, 7) is 7.29. The largest absolute Gasteiger partial charge is 0.340 e. The molecule has 0 saturated carbocycles. The van der Waals surface area contributed by atoms with E-state index in [-0.39, 0.29) is 17.2 Å². The van der Waals surface area contributed by atoms with E-state index < -0.39 is 27.5 Å². The molecule has 1 atom stereocenters. The summed E-state index contributed by atoms with van der Waals surface area (Å²) in [7, 11) is -3.82. The van der Waals surface area contributed by atoms with Crippen LogP contribution in [0.15, 0.2) is 95.9 Å². The maximum atomic E-state index is 13.7. The number of carbonyl (C=O) groups is 2. The predicted octanol–water partition coefficient (Wildman–Crippen LogP) is 5.20. The molecular formula is C31H33N3O4S. The minimum Gasteiger partial charge on any atom is -0.340 e. The number of anilines is 1. The summed E-state index contributed by atoms with van der Waals surface area (Å²) in [5.74, 6) is -0.764. The average molecular weight is 544 g/mol. The van der Waals surface area contributed by atoms with Crippen molar-refractivity contribution < 1.29 is 18.0 Å². The second kappa shape index (κ2) is 11.4. The van der Waals surface area contributed by atoms with Gasteiger partial charge in [0.25, 0.3) is 5.91 Å². The van der Waals surface area contributed by atoms with Crippen LogP contribution < -0.4 is 15.4 Å². The quantitative estimate of drug-likeness (QED) is 0.284. The molecule has 0 unspecified atom stereocenters. The van der Waals surface area contributed by atoms with Gasteiger partial charge in [-0.3, -0.25) is 9.59 Å². The number of carbonyl (C=O) groups excluding carboxylic acids is 2. The Labute approximate surface area is 229 Å². The molecular weight excluding hydrogens is 510 g/mol. The van der Waals surface area contributed by atoms with E-state index in [1.165, 1.54) is 0 Å². The van der Waals surface area contributed by atoms with Crippen LogP contribution in [-0.2, 0) is 21.2 Å².